The van der Waals surface area contributed by atoms with Gasteiger partial charge in [-0.2, -0.15) is 0 Å². The summed E-state index contributed by atoms with van der Waals surface area (Å²) in [6.07, 6.45) is 3.79. The Balaban J connectivity index is 1.42. The molecule has 0 aromatic rings. The highest BCUT2D eigenvalue weighted by Gasteiger charge is 2.52. The zero-order valence-electron chi connectivity index (χ0n) is 11.5. The molecule has 0 unspecified atom stereocenters. The van der Waals surface area contributed by atoms with Gasteiger partial charge >= 0.3 is 5.97 Å². The minimum absolute atomic E-state index is 0.198. The third-order valence-corrected chi connectivity index (χ3v) is 4.65. The van der Waals surface area contributed by atoms with Crippen molar-refractivity contribution in [2.24, 2.45) is 17.8 Å². The molecule has 0 spiro atoms. The standard InChI is InChI=1S/C14H22N2O3/c1-19-13(17)9-15-4-6-16(7-5-15)14(18)12-8-11(12)10-2-3-10/h10-12H,2-9H2,1H3/t11-,12-/m1/s1. The molecule has 1 heterocycles. The van der Waals surface area contributed by atoms with Crippen LogP contribution in [-0.2, 0) is 14.3 Å². The number of carbonyl (C=O) groups excluding carboxylic acids is 2. The first-order valence-electron chi connectivity index (χ1n) is 7.27. The summed E-state index contributed by atoms with van der Waals surface area (Å²) in [4.78, 5) is 27.5. The summed E-state index contributed by atoms with van der Waals surface area (Å²) in [7, 11) is 1.41. The number of hydrogen-bond acceptors (Lipinski definition) is 4. The number of hydrogen-bond donors (Lipinski definition) is 0. The largest absolute Gasteiger partial charge is 0.468 e. The first-order chi connectivity index (χ1) is 9.19. The number of amides is 1. The molecule has 2 atom stereocenters. The maximum Gasteiger partial charge on any atom is 0.319 e. The van der Waals surface area contributed by atoms with Gasteiger partial charge in [0.1, 0.15) is 0 Å². The van der Waals surface area contributed by atoms with Gasteiger partial charge in [0, 0.05) is 32.1 Å². The molecule has 3 aliphatic rings. The first kappa shape index (κ1) is 12.9. The van der Waals surface area contributed by atoms with Crippen molar-refractivity contribution in [1.82, 2.24) is 9.80 Å². The molecule has 5 nitrogen and oxygen atoms in total. The van der Waals surface area contributed by atoms with Gasteiger partial charge in [-0.3, -0.25) is 14.5 Å². The van der Waals surface area contributed by atoms with Crippen molar-refractivity contribution in [3.05, 3.63) is 0 Å². The van der Waals surface area contributed by atoms with Gasteiger partial charge in [-0.25, -0.2) is 0 Å². The maximum atomic E-state index is 12.3. The third kappa shape index (κ3) is 2.91. The summed E-state index contributed by atoms with van der Waals surface area (Å²) in [5.74, 6) is 2.03. The summed E-state index contributed by atoms with van der Waals surface area (Å²) < 4.78 is 4.66. The smallest absolute Gasteiger partial charge is 0.319 e. The van der Waals surface area contributed by atoms with Gasteiger partial charge in [0.15, 0.2) is 0 Å². The molecule has 0 aromatic carbocycles. The monoisotopic (exact) mass is 266 g/mol. The number of piperazine rings is 1. The van der Waals surface area contributed by atoms with E-state index < -0.39 is 0 Å². The molecule has 3 fully saturated rings. The number of nitrogens with zero attached hydrogens (tertiary/aromatic N) is 2. The Morgan fingerprint density at radius 2 is 1.84 bits per heavy atom. The van der Waals surface area contributed by atoms with Crippen LogP contribution in [0, 0.1) is 17.8 Å². The van der Waals surface area contributed by atoms with Crippen LogP contribution in [0.15, 0.2) is 0 Å². The number of carbonyl (C=O) groups is 2. The summed E-state index contributed by atoms with van der Waals surface area (Å²) >= 11 is 0. The molecule has 106 valence electrons. The lowest BCUT2D eigenvalue weighted by Gasteiger charge is -2.34. The number of methoxy groups -OCH3 is 1. The molecule has 1 aliphatic heterocycles. The van der Waals surface area contributed by atoms with Gasteiger partial charge in [0.2, 0.25) is 5.91 Å². The van der Waals surface area contributed by atoms with Crippen LogP contribution in [0.2, 0.25) is 0 Å². The van der Waals surface area contributed by atoms with Crippen molar-refractivity contribution < 1.29 is 14.3 Å². The van der Waals surface area contributed by atoms with Crippen LogP contribution in [0.1, 0.15) is 19.3 Å². The molecule has 2 aliphatic carbocycles. The van der Waals surface area contributed by atoms with Crippen molar-refractivity contribution in [3.8, 4) is 0 Å². The fourth-order valence-corrected chi connectivity index (χ4v) is 3.15. The van der Waals surface area contributed by atoms with E-state index in [0.29, 0.717) is 24.3 Å². The summed E-state index contributed by atoms with van der Waals surface area (Å²) in [6, 6.07) is 0. The Morgan fingerprint density at radius 3 is 2.42 bits per heavy atom. The van der Waals surface area contributed by atoms with E-state index in [9.17, 15) is 9.59 Å². The van der Waals surface area contributed by atoms with E-state index in [0.717, 1.165) is 38.5 Å². The second-order valence-corrected chi connectivity index (χ2v) is 6.02. The van der Waals surface area contributed by atoms with E-state index in [2.05, 4.69) is 9.64 Å². The zero-order valence-corrected chi connectivity index (χ0v) is 11.5. The molecule has 1 saturated heterocycles. The van der Waals surface area contributed by atoms with Gasteiger partial charge in [-0.05, 0) is 31.1 Å². The molecule has 2 saturated carbocycles. The Labute approximate surface area is 113 Å². The van der Waals surface area contributed by atoms with Gasteiger partial charge in [0.25, 0.3) is 0 Å². The molecular formula is C14H22N2O3. The quantitative estimate of drug-likeness (QED) is 0.689. The molecule has 0 N–H and O–H groups in total. The fourth-order valence-electron chi connectivity index (χ4n) is 3.15. The summed E-state index contributed by atoms with van der Waals surface area (Å²) in [5.41, 5.74) is 0. The minimum Gasteiger partial charge on any atom is -0.468 e. The van der Waals surface area contributed by atoms with Crippen LogP contribution in [-0.4, -0.2) is 61.5 Å². The Bertz CT molecular complexity index is 373. The lowest BCUT2D eigenvalue weighted by molar-refractivity contribution is -0.142. The van der Waals surface area contributed by atoms with Crippen molar-refractivity contribution in [3.63, 3.8) is 0 Å². The molecule has 0 radical (unpaired) electrons. The average molecular weight is 266 g/mol. The summed E-state index contributed by atoms with van der Waals surface area (Å²) in [5, 5.41) is 0. The lowest BCUT2D eigenvalue weighted by atomic mass is 10.2. The van der Waals surface area contributed by atoms with Crippen LogP contribution >= 0.6 is 0 Å². The number of esters is 1. The van der Waals surface area contributed by atoms with Crippen molar-refractivity contribution in [2.75, 3.05) is 39.8 Å². The second kappa shape index (κ2) is 5.12. The van der Waals surface area contributed by atoms with Crippen LogP contribution in [0.4, 0.5) is 0 Å². The molecule has 0 bridgehead atoms. The second-order valence-electron chi connectivity index (χ2n) is 6.02. The van der Waals surface area contributed by atoms with E-state index in [1.54, 1.807) is 0 Å². The lowest BCUT2D eigenvalue weighted by Crippen LogP contribution is -2.50. The van der Waals surface area contributed by atoms with Crippen LogP contribution in [0.3, 0.4) is 0 Å². The third-order valence-electron chi connectivity index (χ3n) is 4.65. The predicted molar refractivity (Wildman–Crippen MR) is 69.4 cm³/mol. The topological polar surface area (TPSA) is 49.9 Å². The Kier molecular flexibility index (Phi) is 3.48. The van der Waals surface area contributed by atoms with Crippen LogP contribution in [0.25, 0.3) is 0 Å². The fraction of sp³-hybridized carbons (Fsp3) is 0.857. The molecule has 0 aromatic heterocycles. The number of ether oxygens (including phenoxy) is 1. The SMILES string of the molecule is COC(=O)CN1CCN(C(=O)[C@@H]2C[C@@H]2C2CC2)CC1. The van der Waals surface area contributed by atoms with Crippen LogP contribution < -0.4 is 0 Å². The van der Waals surface area contributed by atoms with Crippen molar-refractivity contribution in [1.29, 1.82) is 0 Å². The van der Waals surface area contributed by atoms with Gasteiger partial charge in [-0.15, -0.1) is 0 Å². The van der Waals surface area contributed by atoms with Crippen molar-refractivity contribution >= 4 is 11.9 Å². The molecule has 5 heteroatoms. The van der Waals surface area contributed by atoms with Gasteiger partial charge < -0.3 is 9.64 Å². The predicted octanol–water partition coefficient (Wildman–Crippen LogP) is 0.350. The Hall–Kier alpha value is -1.10. The highest BCUT2D eigenvalue weighted by molar-refractivity contribution is 5.82. The molecule has 1 amide bonds. The number of rotatable bonds is 4. The minimum atomic E-state index is -0.198. The van der Waals surface area contributed by atoms with E-state index in [4.69, 9.17) is 0 Å². The normalized spacial score (nSPS) is 31.1. The maximum absolute atomic E-state index is 12.3. The van der Waals surface area contributed by atoms with Crippen molar-refractivity contribution in [2.45, 2.75) is 19.3 Å². The van der Waals surface area contributed by atoms with Crippen LogP contribution in [0.5, 0.6) is 0 Å². The van der Waals surface area contributed by atoms with Gasteiger partial charge in [0.05, 0.1) is 13.7 Å². The Morgan fingerprint density at radius 1 is 1.16 bits per heavy atom. The van der Waals surface area contributed by atoms with E-state index in [1.165, 1.54) is 20.0 Å². The molecular weight excluding hydrogens is 244 g/mol. The first-order valence-corrected chi connectivity index (χ1v) is 7.27. The van der Waals surface area contributed by atoms with E-state index in [1.807, 2.05) is 4.90 Å². The van der Waals surface area contributed by atoms with E-state index >= 15 is 0 Å². The van der Waals surface area contributed by atoms with Gasteiger partial charge in [-0.1, -0.05) is 0 Å². The highest BCUT2D eigenvalue weighted by Crippen LogP contribution is 2.54. The molecule has 19 heavy (non-hydrogen) atoms. The zero-order chi connectivity index (χ0) is 13.4. The average Bonchev–Trinajstić information content (AvgIpc) is 3.29. The molecule has 3 rings (SSSR count). The van der Waals surface area contributed by atoms with E-state index in [-0.39, 0.29) is 5.97 Å². The highest BCUT2D eigenvalue weighted by atomic mass is 16.5. The summed E-state index contributed by atoms with van der Waals surface area (Å²) in [6.45, 7) is 3.41.